The average molecular weight is 274 g/mol. The number of phenols is 2. The van der Waals surface area contributed by atoms with Gasteiger partial charge in [-0.3, -0.25) is 0 Å². The minimum Gasteiger partial charge on any atom is -0.508 e. The summed E-state index contributed by atoms with van der Waals surface area (Å²) in [5.74, 6) is -0.781. The third-order valence-electron chi connectivity index (χ3n) is 2.57. The first-order valence-corrected chi connectivity index (χ1v) is 5.32. The van der Waals surface area contributed by atoms with E-state index >= 15 is 0 Å². The fourth-order valence-electron chi connectivity index (χ4n) is 1.82. The Hall–Kier alpha value is -2.18. The van der Waals surface area contributed by atoms with E-state index in [-0.39, 0.29) is 22.3 Å². The maximum Gasteiger partial charge on any atom is 0.389 e. The molecule has 0 fully saturated rings. The van der Waals surface area contributed by atoms with Gasteiger partial charge in [0.25, 0.3) is 0 Å². The molecule has 19 heavy (non-hydrogen) atoms. The van der Waals surface area contributed by atoms with E-state index in [9.17, 15) is 28.2 Å². The number of alkyl halides is 3. The third-order valence-corrected chi connectivity index (χ3v) is 2.57. The van der Waals surface area contributed by atoms with Gasteiger partial charge in [-0.1, -0.05) is 0 Å². The summed E-state index contributed by atoms with van der Waals surface area (Å²) in [7, 11) is 0. The van der Waals surface area contributed by atoms with E-state index in [1.54, 1.807) is 0 Å². The van der Waals surface area contributed by atoms with Gasteiger partial charge in [-0.25, -0.2) is 4.79 Å². The fourth-order valence-corrected chi connectivity index (χ4v) is 1.82. The second-order valence-corrected chi connectivity index (χ2v) is 4.04. The fraction of sp³-hybridized carbons (Fsp3) is 0.250. The van der Waals surface area contributed by atoms with Crippen LogP contribution in [-0.4, -0.2) is 16.4 Å². The summed E-state index contributed by atoms with van der Waals surface area (Å²) >= 11 is 0. The van der Waals surface area contributed by atoms with Crippen molar-refractivity contribution in [2.24, 2.45) is 0 Å². The predicted octanol–water partition coefficient (Wildman–Crippen LogP) is 2.70. The Labute approximate surface area is 104 Å². The van der Waals surface area contributed by atoms with E-state index in [0.29, 0.717) is 0 Å². The molecule has 2 rings (SSSR count). The van der Waals surface area contributed by atoms with Gasteiger partial charge in [0, 0.05) is 24.6 Å². The van der Waals surface area contributed by atoms with Crippen LogP contribution in [0.2, 0.25) is 0 Å². The van der Waals surface area contributed by atoms with Crippen molar-refractivity contribution in [3.8, 4) is 11.5 Å². The van der Waals surface area contributed by atoms with Gasteiger partial charge in [-0.05, 0) is 12.0 Å². The normalized spacial score (nSPS) is 11.9. The summed E-state index contributed by atoms with van der Waals surface area (Å²) in [6, 6.07) is 2.94. The Morgan fingerprint density at radius 1 is 1.16 bits per heavy atom. The minimum absolute atomic E-state index is 0.00153. The van der Waals surface area contributed by atoms with Gasteiger partial charge >= 0.3 is 11.8 Å². The van der Waals surface area contributed by atoms with E-state index in [0.717, 1.165) is 18.2 Å². The molecule has 0 aliphatic rings. The highest BCUT2D eigenvalue weighted by Gasteiger charge is 2.27. The van der Waals surface area contributed by atoms with Crippen LogP contribution in [0.1, 0.15) is 12.0 Å². The molecule has 0 aliphatic heterocycles. The predicted molar refractivity (Wildman–Crippen MR) is 60.2 cm³/mol. The molecule has 1 heterocycles. The molecule has 0 radical (unpaired) electrons. The number of aromatic hydroxyl groups is 2. The molecule has 0 bridgehead atoms. The van der Waals surface area contributed by atoms with E-state index in [2.05, 4.69) is 0 Å². The summed E-state index contributed by atoms with van der Waals surface area (Å²) in [5.41, 5.74) is -0.960. The molecule has 2 aromatic rings. The second kappa shape index (κ2) is 4.49. The quantitative estimate of drug-likeness (QED) is 0.826. The maximum atomic E-state index is 12.2. The monoisotopic (exact) mass is 274 g/mol. The molecule has 4 nitrogen and oxygen atoms in total. The lowest BCUT2D eigenvalue weighted by Crippen LogP contribution is -2.10. The van der Waals surface area contributed by atoms with Crippen LogP contribution in [-0.2, 0) is 6.42 Å². The summed E-state index contributed by atoms with van der Waals surface area (Å²) in [4.78, 5) is 11.2. The van der Waals surface area contributed by atoms with Crippen LogP contribution in [0.25, 0.3) is 11.0 Å². The molecule has 2 N–H and O–H groups in total. The van der Waals surface area contributed by atoms with E-state index in [1.165, 1.54) is 0 Å². The highest BCUT2D eigenvalue weighted by molar-refractivity contribution is 5.87. The lowest BCUT2D eigenvalue weighted by Gasteiger charge is -2.09. The van der Waals surface area contributed by atoms with Gasteiger partial charge in [0.05, 0.1) is 5.39 Å². The Morgan fingerprint density at radius 2 is 1.84 bits per heavy atom. The van der Waals surface area contributed by atoms with Crippen LogP contribution in [0, 0.1) is 0 Å². The Morgan fingerprint density at radius 3 is 2.47 bits per heavy atom. The zero-order valence-electron chi connectivity index (χ0n) is 9.49. The molecular formula is C12H9F3O4. The molecular weight excluding hydrogens is 265 g/mol. The number of hydrogen-bond acceptors (Lipinski definition) is 4. The largest absolute Gasteiger partial charge is 0.508 e. The zero-order valence-corrected chi connectivity index (χ0v) is 9.49. The number of halogens is 3. The number of fused-ring (bicyclic) bond motifs is 1. The van der Waals surface area contributed by atoms with Crippen LogP contribution in [0.5, 0.6) is 11.5 Å². The van der Waals surface area contributed by atoms with Crippen molar-refractivity contribution >= 4 is 11.0 Å². The van der Waals surface area contributed by atoms with Gasteiger partial charge in [0.1, 0.15) is 17.1 Å². The van der Waals surface area contributed by atoms with Gasteiger partial charge in [-0.2, -0.15) is 13.2 Å². The average Bonchev–Trinajstić information content (AvgIpc) is 2.23. The zero-order chi connectivity index (χ0) is 14.2. The van der Waals surface area contributed by atoms with Gasteiger partial charge in [0.2, 0.25) is 0 Å². The molecule has 0 spiro atoms. The minimum atomic E-state index is -4.37. The van der Waals surface area contributed by atoms with Crippen molar-refractivity contribution in [3.05, 3.63) is 34.2 Å². The van der Waals surface area contributed by atoms with Crippen LogP contribution >= 0.6 is 0 Å². The Bertz CT molecular complexity index is 673. The number of hydrogen-bond donors (Lipinski definition) is 2. The van der Waals surface area contributed by atoms with Gasteiger partial charge < -0.3 is 14.6 Å². The van der Waals surface area contributed by atoms with Crippen LogP contribution in [0.15, 0.2) is 27.4 Å². The van der Waals surface area contributed by atoms with Gasteiger partial charge in [-0.15, -0.1) is 0 Å². The van der Waals surface area contributed by atoms with Crippen LogP contribution < -0.4 is 5.63 Å². The van der Waals surface area contributed by atoms with Crippen LogP contribution in [0.3, 0.4) is 0 Å². The van der Waals surface area contributed by atoms with Crippen LogP contribution in [0.4, 0.5) is 13.2 Å². The molecule has 0 saturated heterocycles. The first-order valence-electron chi connectivity index (χ1n) is 5.32. The Kier molecular flexibility index (Phi) is 3.13. The van der Waals surface area contributed by atoms with Crippen molar-refractivity contribution in [2.75, 3.05) is 0 Å². The van der Waals surface area contributed by atoms with E-state index < -0.39 is 30.4 Å². The topological polar surface area (TPSA) is 70.7 Å². The molecule has 0 unspecified atom stereocenters. The molecule has 7 heteroatoms. The van der Waals surface area contributed by atoms with Crippen molar-refractivity contribution < 1.29 is 27.8 Å². The molecule has 0 atom stereocenters. The van der Waals surface area contributed by atoms with Crippen molar-refractivity contribution in [1.29, 1.82) is 0 Å². The van der Waals surface area contributed by atoms with Crippen molar-refractivity contribution in [1.82, 2.24) is 0 Å². The number of rotatable bonds is 2. The SMILES string of the molecule is O=c1cc(CCC(F)(F)F)c2c(O)cc(O)cc2o1. The van der Waals surface area contributed by atoms with Crippen molar-refractivity contribution in [3.63, 3.8) is 0 Å². The highest BCUT2D eigenvalue weighted by Crippen LogP contribution is 2.33. The smallest absolute Gasteiger partial charge is 0.389 e. The van der Waals surface area contributed by atoms with Crippen molar-refractivity contribution in [2.45, 2.75) is 19.0 Å². The first-order chi connectivity index (χ1) is 8.76. The van der Waals surface area contributed by atoms with E-state index in [1.807, 2.05) is 0 Å². The summed E-state index contributed by atoms with van der Waals surface area (Å²) < 4.78 is 41.3. The standard InChI is InChI=1S/C12H9F3O4/c13-12(14,15)2-1-6-3-10(18)19-9-5-7(16)4-8(17)11(6)9/h3-5,16-17H,1-2H2. The summed E-state index contributed by atoms with van der Waals surface area (Å²) in [5, 5.41) is 18.9. The summed E-state index contributed by atoms with van der Waals surface area (Å²) in [6.07, 6.45) is -5.94. The third kappa shape index (κ3) is 2.98. The number of aryl methyl sites for hydroxylation is 1. The van der Waals surface area contributed by atoms with Gasteiger partial charge in [0.15, 0.2) is 0 Å². The molecule has 1 aromatic carbocycles. The highest BCUT2D eigenvalue weighted by atomic mass is 19.4. The summed E-state index contributed by atoms with van der Waals surface area (Å²) in [6.45, 7) is 0. The molecule has 1 aromatic heterocycles. The second-order valence-electron chi connectivity index (χ2n) is 4.04. The Balaban J connectivity index is 2.57. The number of benzene rings is 1. The molecule has 0 saturated carbocycles. The molecule has 102 valence electrons. The lowest BCUT2D eigenvalue weighted by atomic mass is 10.0. The maximum absolute atomic E-state index is 12.2. The van der Waals surface area contributed by atoms with E-state index in [4.69, 9.17) is 4.42 Å². The first kappa shape index (κ1) is 13.3. The molecule has 0 aliphatic carbocycles. The molecule has 0 amide bonds. The lowest BCUT2D eigenvalue weighted by molar-refractivity contribution is -0.133. The number of phenolic OH excluding ortho intramolecular Hbond substituents is 2.